The van der Waals surface area contributed by atoms with Crippen molar-refractivity contribution in [3.8, 4) is 0 Å². The Balaban J connectivity index is 1.67. The fraction of sp³-hybridized carbons (Fsp3) is 0.250. The van der Waals surface area contributed by atoms with Crippen LogP contribution in [-0.4, -0.2) is 17.6 Å². The molecule has 29 heavy (non-hydrogen) atoms. The summed E-state index contributed by atoms with van der Waals surface area (Å²) < 4.78 is 5.23. The average molecular weight is 390 g/mol. The van der Waals surface area contributed by atoms with Crippen LogP contribution in [0.5, 0.6) is 0 Å². The van der Waals surface area contributed by atoms with Gasteiger partial charge >= 0.3 is 6.09 Å². The lowest BCUT2D eigenvalue weighted by Crippen LogP contribution is -2.27. The van der Waals surface area contributed by atoms with Gasteiger partial charge in [-0.2, -0.15) is 0 Å². The number of hydrogen-bond donors (Lipinski definition) is 2. The van der Waals surface area contributed by atoms with Gasteiger partial charge in [-0.1, -0.05) is 42.5 Å². The Labute approximate surface area is 171 Å². The van der Waals surface area contributed by atoms with Crippen molar-refractivity contribution in [3.63, 3.8) is 0 Å². The van der Waals surface area contributed by atoms with Crippen LogP contribution in [0.25, 0.3) is 10.8 Å². The van der Waals surface area contributed by atoms with Gasteiger partial charge in [0, 0.05) is 11.3 Å². The quantitative estimate of drug-likeness (QED) is 0.602. The number of hydrogen-bond acceptors (Lipinski definition) is 3. The molecular formula is C24H26N2O3. The predicted octanol–water partition coefficient (Wildman–Crippen LogP) is 5.68. The molecule has 0 aliphatic carbocycles. The molecule has 0 fully saturated rings. The van der Waals surface area contributed by atoms with Crippen LogP contribution in [0.1, 0.15) is 49.7 Å². The maximum absolute atomic E-state index is 12.7. The summed E-state index contributed by atoms with van der Waals surface area (Å²) in [7, 11) is 0. The number of amides is 2. The van der Waals surface area contributed by atoms with E-state index in [1.165, 1.54) is 0 Å². The Hall–Kier alpha value is -3.34. The molecule has 5 heteroatoms. The van der Waals surface area contributed by atoms with Crippen molar-refractivity contribution < 1.29 is 14.3 Å². The van der Waals surface area contributed by atoms with E-state index in [0.717, 1.165) is 16.3 Å². The van der Waals surface area contributed by atoms with E-state index in [1.807, 2.05) is 31.2 Å². The maximum atomic E-state index is 12.7. The Bertz CT molecular complexity index is 1010. The fourth-order valence-corrected chi connectivity index (χ4v) is 3.11. The zero-order valence-corrected chi connectivity index (χ0v) is 17.2. The summed E-state index contributed by atoms with van der Waals surface area (Å²) in [6, 6.07) is 20.8. The lowest BCUT2D eigenvalue weighted by molar-refractivity contribution is 0.0635. The number of rotatable bonds is 4. The Kier molecular flexibility index (Phi) is 5.87. The Morgan fingerprint density at radius 3 is 2.24 bits per heavy atom. The highest BCUT2D eigenvalue weighted by Gasteiger charge is 2.17. The van der Waals surface area contributed by atoms with Gasteiger partial charge in [-0.25, -0.2) is 4.79 Å². The van der Waals surface area contributed by atoms with Gasteiger partial charge in [-0.05, 0) is 68.3 Å². The lowest BCUT2D eigenvalue weighted by atomic mass is 9.99. The van der Waals surface area contributed by atoms with Crippen molar-refractivity contribution >= 4 is 28.5 Å². The molecule has 2 amide bonds. The van der Waals surface area contributed by atoms with Gasteiger partial charge in [-0.15, -0.1) is 0 Å². The summed E-state index contributed by atoms with van der Waals surface area (Å²) >= 11 is 0. The standard InChI is InChI=1S/C24H26N2O3/c1-16(20-11-7-9-17-8-5-6-10-21(17)20)25-22(27)18-12-14-19(15-13-18)26-23(28)29-24(2,3)4/h5-16H,1-4H3,(H,25,27)(H,26,28)/t16-/m1/s1. The number of carbonyl (C=O) groups is 2. The van der Waals surface area contributed by atoms with E-state index in [1.54, 1.807) is 45.0 Å². The normalized spacial score (nSPS) is 12.3. The predicted molar refractivity (Wildman–Crippen MR) is 116 cm³/mol. The minimum absolute atomic E-state index is 0.145. The van der Waals surface area contributed by atoms with Crippen LogP contribution < -0.4 is 10.6 Å². The first-order valence-electron chi connectivity index (χ1n) is 9.61. The van der Waals surface area contributed by atoms with E-state index < -0.39 is 11.7 Å². The largest absolute Gasteiger partial charge is 0.444 e. The van der Waals surface area contributed by atoms with Crippen molar-refractivity contribution in [3.05, 3.63) is 77.9 Å². The van der Waals surface area contributed by atoms with Gasteiger partial charge < -0.3 is 10.1 Å². The second-order valence-electron chi connectivity index (χ2n) is 7.97. The van der Waals surface area contributed by atoms with Gasteiger partial charge in [0.05, 0.1) is 6.04 Å². The van der Waals surface area contributed by atoms with Crippen LogP contribution in [0, 0.1) is 0 Å². The molecule has 1 atom stereocenters. The molecule has 0 radical (unpaired) electrons. The number of ether oxygens (including phenoxy) is 1. The number of nitrogens with one attached hydrogen (secondary N) is 2. The minimum Gasteiger partial charge on any atom is -0.444 e. The molecule has 150 valence electrons. The summed E-state index contributed by atoms with van der Waals surface area (Å²) in [6.45, 7) is 7.38. The van der Waals surface area contributed by atoms with E-state index in [0.29, 0.717) is 11.3 Å². The number of benzene rings is 3. The molecule has 0 aliphatic heterocycles. The highest BCUT2D eigenvalue weighted by molar-refractivity contribution is 5.96. The van der Waals surface area contributed by atoms with E-state index in [4.69, 9.17) is 4.74 Å². The van der Waals surface area contributed by atoms with E-state index >= 15 is 0 Å². The minimum atomic E-state index is -0.568. The molecule has 3 aromatic rings. The van der Waals surface area contributed by atoms with Crippen LogP contribution in [0.15, 0.2) is 66.7 Å². The second kappa shape index (κ2) is 8.35. The van der Waals surface area contributed by atoms with Gasteiger partial charge in [0.2, 0.25) is 0 Å². The molecule has 0 bridgehead atoms. The van der Waals surface area contributed by atoms with Crippen LogP contribution in [0.4, 0.5) is 10.5 Å². The third kappa shape index (κ3) is 5.35. The number of fused-ring (bicyclic) bond motifs is 1. The number of anilines is 1. The van der Waals surface area contributed by atoms with E-state index in [9.17, 15) is 9.59 Å². The molecular weight excluding hydrogens is 364 g/mol. The van der Waals surface area contributed by atoms with Gasteiger partial charge in [0.25, 0.3) is 5.91 Å². The molecule has 0 aliphatic rings. The summed E-state index contributed by atoms with van der Waals surface area (Å²) in [6.07, 6.45) is -0.528. The molecule has 0 saturated heterocycles. The van der Waals surface area contributed by atoms with Crippen molar-refractivity contribution in [2.75, 3.05) is 5.32 Å². The molecule has 0 heterocycles. The lowest BCUT2D eigenvalue weighted by Gasteiger charge is -2.19. The van der Waals surface area contributed by atoms with Gasteiger partial charge in [0.1, 0.15) is 5.60 Å². The zero-order valence-electron chi connectivity index (χ0n) is 17.2. The first-order chi connectivity index (χ1) is 13.7. The van der Waals surface area contributed by atoms with E-state index in [2.05, 4.69) is 28.8 Å². The molecule has 0 aromatic heterocycles. The van der Waals surface area contributed by atoms with Crippen LogP contribution in [0.3, 0.4) is 0 Å². The maximum Gasteiger partial charge on any atom is 0.412 e. The zero-order chi connectivity index (χ0) is 21.0. The molecule has 2 N–H and O–H groups in total. The van der Waals surface area contributed by atoms with Crippen LogP contribution in [0.2, 0.25) is 0 Å². The first kappa shape index (κ1) is 20.4. The molecule has 0 unspecified atom stereocenters. The van der Waals surface area contributed by atoms with Gasteiger partial charge in [0.15, 0.2) is 0 Å². The summed E-state index contributed by atoms with van der Waals surface area (Å²) in [5.74, 6) is -0.172. The second-order valence-corrected chi connectivity index (χ2v) is 7.97. The first-order valence-corrected chi connectivity index (χ1v) is 9.61. The number of carbonyl (C=O) groups excluding carboxylic acids is 2. The van der Waals surface area contributed by atoms with Crippen LogP contribution in [-0.2, 0) is 4.74 Å². The summed E-state index contributed by atoms with van der Waals surface area (Å²) in [5, 5.41) is 7.97. The molecule has 0 spiro atoms. The molecule has 5 nitrogen and oxygen atoms in total. The Morgan fingerprint density at radius 1 is 0.897 bits per heavy atom. The summed E-state index contributed by atoms with van der Waals surface area (Å²) in [5.41, 5.74) is 1.59. The van der Waals surface area contributed by atoms with Crippen molar-refractivity contribution in [1.29, 1.82) is 0 Å². The van der Waals surface area contributed by atoms with Crippen molar-refractivity contribution in [1.82, 2.24) is 5.32 Å². The van der Waals surface area contributed by atoms with Crippen molar-refractivity contribution in [2.45, 2.75) is 39.3 Å². The third-order valence-corrected chi connectivity index (χ3v) is 4.43. The highest BCUT2D eigenvalue weighted by Crippen LogP contribution is 2.24. The van der Waals surface area contributed by atoms with Crippen molar-refractivity contribution in [2.24, 2.45) is 0 Å². The smallest absolute Gasteiger partial charge is 0.412 e. The fourth-order valence-electron chi connectivity index (χ4n) is 3.11. The Morgan fingerprint density at radius 2 is 1.55 bits per heavy atom. The van der Waals surface area contributed by atoms with E-state index in [-0.39, 0.29) is 11.9 Å². The molecule has 3 rings (SSSR count). The third-order valence-electron chi connectivity index (χ3n) is 4.43. The van der Waals surface area contributed by atoms with Gasteiger partial charge in [-0.3, -0.25) is 10.1 Å². The monoisotopic (exact) mass is 390 g/mol. The highest BCUT2D eigenvalue weighted by atomic mass is 16.6. The molecule has 0 saturated carbocycles. The SMILES string of the molecule is C[C@@H](NC(=O)c1ccc(NC(=O)OC(C)(C)C)cc1)c1cccc2ccccc12. The summed E-state index contributed by atoms with van der Waals surface area (Å²) in [4.78, 5) is 24.5. The average Bonchev–Trinajstić information content (AvgIpc) is 2.66. The molecule has 3 aromatic carbocycles. The van der Waals surface area contributed by atoms with Crippen LogP contribution >= 0.6 is 0 Å². The topological polar surface area (TPSA) is 67.4 Å².